The van der Waals surface area contributed by atoms with E-state index in [1.54, 1.807) is 36.7 Å². The van der Waals surface area contributed by atoms with Gasteiger partial charge in [-0.3, -0.25) is 15.1 Å². The predicted molar refractivity (Wildman–Crippen MR) is 115 cm³/mol. The highest BCUT2D eigenvalue weighted by Crippen LogP contribution is 2.39. The van der Waals surface area contributed by atoms with Crippen molar-refractivity contribution in [3.63, 3.8) is 0 Å². The molecule has 7 heteroatoms. The molecular weight excluding hydrogens is 397 g/mol. The summed E-state index contributed by atoms with van der Waals surface area (Å²) >= 11 is 0. The lowest BCUT2D eigenvalue weighted by Crippen LogP contribution is -2.12. The van der Waals surface area contributed by atoms with Gasteiger partial charge in [0.15, 0.2) is 11.6 Å². The first-order valence-electron chi connectivity index (χ1n) is 9.73. The molecule has 1 amide bonds. The summed E-state index contributed by atoms with van der Waals surface area (Å²) in [6.07, 6.45) is 4.17. The van der Waals surface area contributed by atoms with Crippen molar-refractivity contribution < 1.29 is 18.4 Å². The molecule has 2 aromatic heterocycles. The van der Waals surface area contributed by atoms with Gasteiger partial charge in [-0.2, -0.15) is 0 Å². The SMILES string of the molecule is COc1cc(-c2noc(NC(=O)CCc3ccccc3)c2-c2ccncc2)ccc1F. The monoisotopic (exact) mass is 417 g/mol. The molecule has 2 heterocycles. The third-order valence-electron chi connectivity index (χ3n) is 4.82. The number of benzene rings is 2. The zero-order valence-corrected chi connectivity index (χ0v) is 16.8. The van der Waals surface area contributed by atoms with Crippen molar-refractivity contribution >= 4 is 11.8 Å². The van der Waals surface area contributed by atoms with Crippen molar-refractivity contribution in [2.75, 3.05) is 12.4 Å². The Morgan fingerprint density at radius 2 is 1.84 bits per heavy atom. The number of rotatable bonds is 7. The van der Waals surface area contributed by atoms with Crippen LogP contribution < -0.4 is 10.1 Å². The van der Waals surface area contributed by atoms with Crippen molar-refractivity contribution in [2.45, 2.75) is 12.8 Å². The summed E-state index contributed by atoms with van der Waals surface area (Å²) in [4.78, 5) is 16.6. The van der Waals surface area contributed by atoms with E-state index < -0.39 is 5.82 Å². The molecule has 0 bridgehead atoms. The van der Waals surface area contributed by atoms with Crippen LogP contribution in [-0.4, -0.2) is 23.2 Å². The molecule has 6 nitrogen and oxygen atoms in total. The van der Waals surface area contributed by atoms with Crippen LogP contribution in [-0.2, 0) is 11.2 Å². The van der Waals surface area contributed by atoms with Gasteiger partial charge < -0.3 is 9.26 Å². The fourth-order valence-electron chi connectivity index (χ4n) is 3.26. The van der Waals surface area contributed by atoms with Crippen molar-refractivity contribution in [1.29, 1.82) is 0 Å². The van der Waals surface area contributed by atoms with Gasteiger partial charge in [-0.15, -0.1) is 0 Å². The van der Waals surface area contributed by atoms with E-state index in [-0.39, 0.29) is 17.5 Å². The van der Waals surface area contributed by atoms with Crippen LogP contribution in [0.25, 0.3) is 22.4 Å². The Morgan fingerprint density at radius 3 is 2.58 bits per heavy atom. The highest BCUT2D eigenvalue weighted by molar-refractivity contribution is 5.97. The fourth-order valence-corrected chi connectivity index (χ4v) is 3.26. The van der Waals surface area contributed by atoms with E-state index in [0.717, 1.165) is 11.1 Å². The summed E-state index contributed by atoms with van der Waals surface area (Å²) in [5.74, 6) is -0.356. The molecule has 31 heavy (non-hydrogen) atoms. The highest BCUT2D eigenvalue weighted by atomic mass is 19.1. The topological polar surface area (TPSA) is 77.3 Å². The molecule has 0 atom stereocenters. The van der Waals surface area contributed by atoms with E-state index in [0.29, 0.717) is 29.7 Å². The molecule has 0 spiro atoms. The van der Waals surface area contributed by atoms with Crippen LogP contribution in [0.3, 0.4) is 0 Å². The normalized spacial score (nSPS) is 10.6. The van der Waals surface area contributed by atoms with Crippen molar-refractivity contribution in [2.24, 2.45) is 0 Å². The smallest absolute Gasteiger partial charge is 0.239 e. The molecule has 0 aliphatic carbocycles. The lowest BCUT2D eigenvalue weighted by molar-refractivity contribution is -0.116. The van der Waals surface area contributed by atoms with Crippen LogP contribution in [0, 0.1) is 5.82 Å². The Kier molecular flexibility index (Phi) is 6.03. The number of pyridine rings is 1. The van der Waals surface area contributed by atoms with E-state index in [2.05, 4.69) is 15.5 Å². The number of aromatic nitrogens is 2. The minimum atomic E-state index is -0.477. The van der Waals surface area contributed by atoms with Crippen molar-refractivity contribution in [1.82, 2.24) is 10.1 Å². The number of anilines is 1. The van der Waals surface area contributed by atoms with E-state index in [1.807, 2.05) is 30.3 Å². The molecule has 0 unspecified atom stereocenters. The molecule has 0 fully saturated rings. The first-order chi connectivity index (χ1) is 15.2. The van der Waals surface area contributed by atoms with E-state index in [4.69, 9.17) is 9.26 Å². The van der Waals surface area contributed by atoms with Crippen LogP contribution in [0.4, 0.5) is 10.3 Å². The maximum Gasteiger partial charge on any atom is 0.239 e. The molecule has 4 rings (SSSR count). The number of nitrogens with one attached hydrogen (secondary N) is 1. The molecule has 0 radical (unpaired) electrons. The molecule has 0 saturated heterocycles. The number of aryl methyl sites for hydroxylation is 1. The molecule has 2 aromatic carbocycles. The zero-order valence-electron chi connectivity index (χ0n) is 16.8. The standard InChI is InChI=1S/C24H20FN3O3/c1-30-20-15-18(8-9-19(20)25)23-22(17-11-13-26-14-12-17)24(31-28-23)27-21(29)10-7-16-5-3-2-4-6-16/h2-6,8-9,11-15H,7,10H2,1H3,(H,27,29). The van der Waals surface area contributed by atoms with Crippen LogP contribution in [0.1, 0.15) is 12.0 Å². The predicted octanol–water partition coefficient (Wildman–Crippen LogP) is 5.12. The Balaban J connectivity index is 1.65. The number of carbonyl (C=O) groups excluding carboxylic acids is 1. The average molecular weight is 417 g/mol. The molecule has 0 aliphatic rings. The summed E-state index contributed by atoms with van der Waals surface area (Å²) in [6, 6.07) is 17.8. The number of carbonyl (C=O) groups is 1. The highest BCUT2D eigenvalue weighted by Gasteiger charge is 2.22. The summed E-state index contributed by atoms with van der Waals surface area (Å²) in [6.45, 7) is 0. The number of ether oxygens (including phenoxy) is 1. The third-order valence-corrected chi connectivity index (χ3v) is 4.82. The second-order valence-corrected chi connectivity index (χ2v) is 6.85. The zero-order chi connectivity index (χ0) is 21.6. The van der Waals surface area contributed by atoms with Crippen molar-refractivity contribution in [3.8, 4) is 28.1 Å². The summed E-state index contributed by atoms with van der Waals surface area (Å²) in [5.41, 5.74) is 3.47. The van der Waals surface area contributed by atoms with E-state index in [9.17, 15) is 9.18 Å². The maximum absolute atomic E-state index is 13.9. The lowest BCUT2D eigenvalue weighted by Gasteiger charge is -2.08. The molecule has 1 N–H and O–H groups in total. The van der Waals surface area contributed by atoms with Gasteiger partial charge >= 0.3 is 0 Å². The number of amides is 1. The van der Waals surface area contributed by atoms with Gasteiger partial charge in [0.05, 0.1) is 12.7 Å². The average Bonchev–Trinajstić information content (AvgIpc) is 3.22. The van der Waals surface area contributed by atoms with Gasteiger partial charge in [-0.05, 0) is 47.9 Å². The Hall–Kier alpha value is -4.00. The van der Waals surface area contributed by atoms with Gasteiger partial charge in [-0.1, -0.05) is 35.5 Å². The van der Waals surface area contributed by atoms with Crippen molar-refractivity contribution in [3.05, 3.63) is 84.4 Å². The second kappa shape index (κ2) is 9.21. The largest absolute Gasteiger partial charge is 0.494 e. The summed E-state index contributed by atoms with van der Waals surface area (Å²) in [7, 11) is 1.40. The minimum Gasteiger partial charge on any atom is -0.494 e. The second-order valence-electron chi connectivity index (χ2n) is 6.85. The van der Waals surface area contributed by atoms with Gasteiger partial charge in [-0.25, -0.2) is 4.39 Å². The number of halogens is 1. The minimum absolute atomic E-state index is 0.0922. The molecule has 0 saturated carbocycles. The Morgan fingerprint density at radius 1 is 1.06 bits per heavy atom. The molecule has 0 aliphatic heterocycles. The Bertz CT molecular complexity index is 1180. The van der Waals surface area contributed by atoms with Crippen LogP contribution >= 0.6 is 0 Å². The van der Waals surface area contributed by atoms with Crippen LogP contribution in [0.2, 0.25) is 0 Å². The lowest BCUT2D eigenvalue weighted by atomic mass is 10.0. The number of methoxy groups -OCH3 is 1. The van der Waals surface area contributed by atoms with Gasteiger partial charge in [0.25, 0.3) is 0 Å². The van der Waals surface area contributed by atoms with E-state index in [1.165, 1.54) is 13.2 Å². The maximum atomic E-state index is 13.9. The summed E-state index contributed by atoms with van der Waals surface area (Å²) < 4.78 is 24.5. The quantitative estimate of drug-likeness (QED) is 0.451. The van der Waals surface area contributed by atoms with Gasteiger partial charge in [0.1, 0.15) is 5.69 Å². The Labute approximate surface area is 178 Å². The molecule has 156 valence electrons. The van der Waals surface area contributed by atoms with Gasteiger partial charge in [0, 0.05) is 24.4 Å². The molecule has 4 aromatic rings. The van der Waals surface area contributed by atoms with E-state index >= 15 is 0 Å². The van der Waals surface area contributed by atoms with Crippen LogP contribution in [0.15, 0.2) is 77.6 Å². The number of hydrogen-bond donors (Lipinski definition) is 1. The first-order valence-corrected chi connectivity index (χ1v) is 9.73. The summed E-state index contributed by atoms with van der Waals surface area (Å²) in [5, 5.41) is 6.97. The third kappa shape index (κ3) is 4.61. The van der Waals surface area contributed by atoms with Gasteiger partial charge in [0.2, 0.25) is 11.8 Å². The number of hydrogen-bond acceptors (Lipinski definition) is 5. The first kappa shape index (κ1) is 20.3. The molecular formula is C24H20FN3O3. The fraction of sp³-hybridized carbons (Fsp3) is 0.125. The number of nitrogens with zero attached hydrogens (tertiary/aromatic N) is 2. The van der Waals surface area contributed by atoms with Crippen LogP contribution in [0.5, 0.6) is 5.75 Å².